The maximum Gasteiger partial charge on any atom is 0.307 e. The first-order valence-corrected chi connectivity index (χ1v) is 14.5. The summed E-state index contributed by atoms with van der Waals surface area (Å²) in [6.45, 7) is 5.18. The molecule has 3 atom stereocenters. The van der Waals surface area contributed by atoms with Crippen molar-refractivity contribution in [3.05, 3.63) is 83.9 Å². The standard InChI is InChI=1S/C34H39NO8/c1-4-42-31(37)18-26(19-32(38)43-21-23-11-6-5-7-12-23)33(39)35-29(30(36)20-28(22(2)3)34(40)41)17-25-15-10-14-24-13-8-9-16-27(24)25/h5-16,22,26,28-29H,4,17-21H2,1-3H3,(H,35,39)(H,40,41)/t26-,28+,29+/m1/s1. The van der Waals surface area contributed by atoms with E-state index in [1.54, 1.807) is 32.9 Å². The largest absolute Gasteiger partial charge is 0.481 e. The van der Waals surface area contributed by atoms with E-state index in [-0.39, 0.29) is 38.4 Å². The number of rotatable bonds is 16. The van der Waals surface area contributed by atoms with Crippen molar-refractivity contribution in [2.75, 3.05) is 6.61 Å². The number of esters is 2. The number of carbonyl (C=O) groups excluding carboxylic acids is 4. The van der Waals surface area contributed by atoms with Gasteiger partial charge in [-0.15, -0.1) is 0 Å². The van der Waals surface area contributed by atoms with Crippen molar-refractivity contribution < 1.29 is 38.6 Å². The van der Waals surface area contributed by atoms with Gasteiger partial charge in [-0.1, -0.05) is 86.6 Å². The zero-order valence-corrected chi connectivity index (χ0v) is 24.8. The minimum atomic E-state index is -1.16. The highest BCUT2D eigenvalue weighted by Gasteiger charge is 2.33. The Labute approximate surface area is 251 Å². The molecule has 2 N–H and O–H groups in total. The van der Waals surface area contributed by atoms with E-state index in [4.69, 9.17) is 9.47 Å². The number of carboxylic acid groups (broad SMARTS) is 1. The van der Waals surface area contributed by atoms with Gasteiger partial charge in [-0.2, -0.15) is 0 Å². The highest BCUT2D eigenvalue weighted by Crippen LogP contribution is 2.23. The summed E-state index contributed by atoms with van der Waals surface area (Å²) in [6.07, 6.45) is -0.985. The summed E-state index contributed by atoms with van der Waals surface area (Å²) in [5, 5.41) is 14.3. The molecule has 0 aliphatic heterocycles. The topological polar surface area (TPSA) is 136 Å². The number of hydrogen-bond donors (Lipinski definition) is 2. The van der Waals surface area contributed by atoms with Crippen molar-refractivity contribution in [1.82, 2.24) is 5.32 Å². The van der Waals surface area contributed by atoms with Crippen molar-refractivity contribution in [2.45, 2.75) is 59.1 Å². The molecule has 0 saturated carbocycles. The number of benzene rings is 3. The summed E-state index contributed by atoms with van der Waals surface area (Å²) in [5.74, 6) is -6.01. The summed E-state index contributed by atoms with van der Waals surface area (Å²) < 4.78 is 10.4. The fourth-order valence-corrected chi connectivity index (χ4v) is 4.87. The molecular weight excluding hydrogens is 550 g/mol. The zero-order valence-electron chi connectivity index (χ0n) is 24.8. The second-order valence-corrected chi connectivity index (χ2v) is 10.8. The van der Waals surface area contributed by atoms with Crippen molar-refractivity contribution in [3.63, 3.8) is 0 Å². The Hall–Kier alpha value is -4.53. The van der Waals surface area contributed by atoms with Crippen molar-refractivity contribution >= 4 is 40.4 Å². The van der Waals surface area contributed by atoms with Crippen LogP contribution in [0.3, 0.4) is 0 Å². The molecule has 9 nitrogen and oxygen atoms in total. The Morgan fingerprint density at radius 3 is 2.07 bits per heavy atom. The summed E-state index contributed by atoms with van der Waals surface area (Å²) in [7, 11) is 0. The molecule has 228 valence electrons. The average molecular weight is 590 g/mol. The SMILES string of the molecule is CCOC(=O)C[C@H](CC(=O)OCc1ccccc1)C(=O)N[C@@H](Cc1cccc2ccccc12)C(=O)C[C@H](C(=O)O)C(C)C. The number of carboxylic acids is 1. The molecule has 0 radical (unpaired) electrons. The average Bonchev–Trinajstić information content (AvgIpc) is 2.98. The highest BCUT2D eigenvalue weighted by molar-refractivity contribution is 5.95. The third-order valence-corrected chi connectivity index (χ3v) is 7.30. The molecule has 9 heteroatoms. The van der Waals surface area contributed by atoms with E-state index in [1.165, 1.54) is 0 Å². The smallest absolute Gasteiger partial charge is 0.307 e. The van der Waals surface area contributed by atoms with E-state index in [0.717, 1.165) is 21.9 Å². The van der Waals surface area contributed by atoms with Crippen LogP contribution in [-0.2, 0) is 46.5 Å². The number of aliphatic carboxylic acids is 1. The van der Waals surface area contributed by atoms with Crippen LogP contribution in [0.5, 0.6) is 0 Å². The Morgan fingerprint density at radius 2 is 1.42 bits per heavy atom. The number of fused-ring (bicyclic) bond motifs is 1. The first-order chi connectivity index (χ1) is 20.6. The van der Waals surface area contributed by atoms with E-state index < -0.39 is 53.9 Å². The minimum absolute atomic E-state index is 0.00138. The molecule has 1 amide bonds. The number of Topliss-reactive ketones (excluding diaryl/α,β-unsaturated/α-hetero) is 1. The lowest BCUT2D eigenvalue weighted by Gasteiger charge is -2.24. The lowest BCUT2D eigenvalue weighted by atomic mass is 9.87. The van der Waals surface area contributed by atoms with Gasteiger partial charge in [-0.3, -0.25) is 24.0 Å². The Bertz CT molecular complexity index is 1410. The molecule has 0 aliphatic rings. The summed E-state index contributed by atoms with van der Waals surface area (Å²) in [6, 6.07) is 21.2. The van der Waals surface area contributed by atoms with E-state index in [9.17, 15) is 29.1 Å². The number of hydrogen-bond acceptors (Lipinski definition) is 7. The Morgan fingerprint density at radius 1 is 0.791 bits per heavy atom. The predicted molar refractivity (Wildman–Crippen MR) is 161 cm³/mol. The summed E-state index contributed by atoms with van der Waals surface area (Å²) >= 11 is 0. The molecule has 0 fully saturated rings. The van der Waals surface area contributed by atoms with E-state index >= 15 is 0 Å². The van der Waals surface area contributed by atoms with Crippen LogP contribution in [0.4, 0.5) is 0 Å². The normalized spacial score (nSPS) is 13.1. The molecule has 0 bridgehead atoms. The molecule has 3 rings (SSSR count). The van der Waals surface area contributed by atoms with Crippen LogP contribution >= 0.6 is 0 Å². The molecule has 0 aromatic heterocycles. The van der Waals surface area contributed by atoms with Gasteiger partial charge in [-0.25, -0.2) is 0 Å². The van der Waals surface area contributed by atoms with Gasteiger partial charge in [0.15, 0.2) is 5.78 Å². The van der Waals surface area contributed by atoms with Gasteiger partial charge in [0.05, 0.1) is 37.3 Å². The number of ketones is 1. The summed E-state index contributed by atoms with van der Waals surface area (Å²) in [5.41, 5.74) is 1.55. The summed E-state index contributed by atoms with van der Waals surface area (Å²) in [4.78, 5) is 64.2. The monoisotopic (exact) mass is 589 g/mol. The molecule has 0 saturated heterocycles. The molecule has 0 spiro atoms. The second-order valence-electron chi connectivity index (χ2n) is 10.8. The molecule has 0 aliphatic carbocycles. The van der Waals surface area contributed by atoms with E-state index in [2.05, 4.69) is 5.32 Å². The van der Waals surface area contributed by atoms with Crippen LogP contribution in [0.2, 0.25) is 0 Å². The lowest BCUT2D eigenvalue weighted by molar-refractivity contribution is -0.151. The Balaban J connectivity index is 1.85. The number of carbonyl (C=O) groups is 5. The second kappa shape index (κ2) is 16.2. The van der Waals surface area contributed by atoms with Crippen LogP contribution in [-0.4, -0.2) is 47.4 Å². The maximum absolute atomic E-state index is 13.6. The van der Waals surface area contributed by atoms with Crippen LogP contribution < -0.4 is 5.32 Å². The highest BCUT2D eigenvalue weighted by atomic mass is 16.5. The number of amides is 1. The van der Waals surface area contributed by atoms with Crippen LogP contribution in [0, 0.1) is 17.8 Å². The van der Waals surface area contributed by atoms with Gasteiger partial charge < -0.3 is 19.9 Å². The van der Waals surface area contributed by atoms with Crippen LogP contribution in [0.1, 0.15) is 51.2 Å². The fraction of sp³-hybridized carbons (Fsp3) is 0.382. The molecule has 0 heterocycles. The van der Waals surface area contributed by atoms with Crippen LogP contribution in [0.15, 0.2) is 72.8 Å². The minimum Gasteiger partial charge on any atom is -0.481 e. The Kier molecular flexibility index (Phi) is 12.4. The van der Waals surface area contributed by atoms with Gasteiger partial charge >= 0.3 is 17.9 Å². The van der Waals surface area contributed by atoms with Gasteiger partial charge in [-0.05, 0) is 34.7 Å². The molecular formula is C34H39NO8. The van der Waals surface area contributed by atoms with Gasteiger partial charge in [0.25, 0.3) is 0 Å². The third kappa shape index (κ3) is 10.1. The van der Waals surface area contributed by atoms with Gasteiger partial charge in [0.2, 0.25) is 5.91 Å². The number of ether oxygens (including phenoxy) is 2. The number of nitrogens with one attached hydrogen (secondary N) is 1. The van der Waals surface area contributed by atoms with Gasteiger partial charge in [0, 0.05) is 12.8 Å². The van der Waals surface area contributed by atoms with Crippen molar-refractivity contribution in [3.8, 4) is 0 Å². The van der Waals surface area contributed by atoms with Crippen molar-refractivity contribution in [1.29, 1.82) is 0 Å². The fourth-order valence-electron chi connectivity index (χ4n) is 4.87. The molecule has 0 unspecified atom stereocenters. The maximum atomic E-state index is 13.6. The van der Waals surface area contributed by atoms with Crippen LogP contribution in [0.25, 0.3) is 10.8 Å². The van der Waals surface area contributed by atoms with E-state index in [0.29, 0.717) is 0 Å². The van der Waals surface area contributed by atoms with Crippen molar-refractivity contribution in [2.24, 2.45) is 17.8 Å². The predicted octanol–water partition coefficient (Wildman–Crippen LogP) is 4.89. The third-order valence-electron chi connectivity index (χ3n) is 7.30. The lowest BCUT2D eigenvalue weighted by Crippen LogP contribution is -2.47. The molecule has 3 aromatic rings. The quantitative estimate of drug-likeness (QED) is 0.226. The van der Waals surface area contributed by atoms with Gasteiger partial charge in [0.1, 0.15) is 6.61 Å². The molecule has 43 heavy (non-hydrogen) atoms. The zero-order chi connectivity index (χ0) is 31.4. The molecule has 3 aromatic carbocycles. The first kappa shape index (κ1) is 33.0. The van der Waals surface area contributed by atoms with E-state index in [1.807, 2.05) is 60.7 Å². The first-order valence-electron chi connectivity index (χ1n) is 14.5.